The minimum atomic E-state index is -3.92. The Morgan fingerprint density at radius 1 is 1.08 bits per heavy atom. The number of rotatable bonds is 5. The molecule has 0 N–H and O–H groups in total. The van der Waals surface area contributed by atoms with Crippen LogP contribution in [0.15, 0.2) is 59.5 Å². The zero-order chi connectivity index (χ0) is 25.6. The molecule has 0 unspecified atom stereocenters. The summed E-state index contributed by atoms with van der Waals surface area (Å²) in [5.41, 5.74) is 1.34. The predicted molar refractivity (Wildman–Crippen MR) is 136 cm³/mol. The van der Waals surface area contributed by atoms with Gasteiger partial charge in [0.05, 0.1) is 26.1 Å². The van der Waals surface area contributed by atoms with Gasteiger partial charge in [-0.25, -0.2) is 13.1 Å². The summed E-state index contributed by atoms with van der Waals surface area (Å²) in [5.74, 6) is -0.175. The summed E-state index contributed by atoms with van der Waals surface area (Å²) in [4.78, 5) is 26.5. The molecule has 0 aliphatic carbocycles. The van der Waals surface area contributed by atoms with Crippen LogP contribution >= 0.6 is 22.9 Å². The minimum Gasteiger partial charge on any atom is -0.335 e. The molecule has 3 heterocycles. The average Bonchev–Trinajstić information content (AvgIpc) is 3.45. The number of nitro groups is 1. The maximum Gasteiger partial charge on any atom is 0.270 e. The number of amides is 1. The second-order valence-corrected chi connectivity index (χ2v) is 11.7. The number of nitrogens with zero attached hydrogens (tertiary/aromatic N) is 5. The van der Waals surface area contributed by atoms with Gasteiger partial charge in [-0.3, -0.25) is 14.9 Å². The molecule has 1 fully saturated rings. The van der Waals surface area contributed by atoms with Gasteiger partial charge < -0.3 is 4.90 Å². The van der Waals surface area contributed by atoms with E-state index in [1.54, 1.807) is 21.7 Å². The first kappa shape index (κ1) is 24.4. The van der Waals surface area contributed by atoms with E-state index in [1.165, 1.54) is 33.8 Å². The van der Waals surface area contributed by atoms with Crippen LogP contribution in [0.5, 0.6) is 0 Å². The van der Waals surface area contributed by atoms with Crippen molar-refractivity contribution in [3.63, 3.8) is 0 Å². The molecule has 0 saturated carbocycles. The van der Waals surface area contributed by atoms with Gasteiger partial charge in [0.15, 0.2) is 0 Å². The topological polar surface area (TPSA) is 119 Å². The van der Waals surface area contributed by atoms with Gasteiger partial charge in [0.2, 0.25) is 10.0 Å². The summed E-state index contributed by atoms with van der Waals surface area (Å²) in [6.07, 6.45) is 0. The monoisotopic (exact) mass is 545 g/mol. The lowest BCUT2D eigenvalue weighted by molar-refractivity contribution is -0.385. The maximum atomic E-state index is 13.3. The summed E-state index contributed by atoms with van der Waals surface area (Å²) in [5, 5.41) is 17.1. The highest BCUT2D eigenvalue weighted by Gasteiger charge is 2.32. The van der Waals surface area contributed by atoms with Gasteiger partial charge in [0.25, 0.3) is 11.6 Å². The standard InChI is InChI=1S/C23H20ClN5O5S2/c1-15-20-14-21(35-23(20)28(25-15)17-7-5-16(24)6-8-17)22(30)26-9-11-27(12-10-26)36(33,34)19-4-2-3-18(13-19)29(31)32/h2-8,13-14H,9-12H2,1H3. The molecule has 4 aromatic rings. The van der Waals surface area contributed by atoms with Crippen molar-refractivity contribution < 1.29 is 18.1 Å². The molecule has 10 nitrogen and oxygen atoms in total. The molecule has 2 aromatic carbocycles. The van der Waals surface area contributed by atoms with Crippen molar-refractivity contribution in [2.75, 3.05) is 26.2 Å². The molecule has 13 heteroatoms. The summed E-state index contributed by atoms with van der Waals surface area (Å²) < 4.78 is 29.0. The van der Waals surface area contributed by atoms with Crippen LogP contribution in [0.4, 0.5) is 5.69 Å². The van der Waals surface area contributed by atoms with E-state index < -0.39 is 14.9 Å². The molecule has 0 spiro atoms. The number of benzene rings is 2. The third-order valence-corrected chi connectivity index (χ3v) is 9.26. The average molecular weight is 546 g/mol. The predicted octanol–water partition coefficient (Wildman–Crippen LogP) is 4.10. The van der Waals surface area contributed by atoms with E-state index >= 15 is 0 Å². The van der Waals surface area contributed by atoms with Crippen LogP contribution in [0, 0.1) is 17.0 Å². The minimum absolute atomic E-state index is 0.0965. The lowest BCUT2D eigenvalue weighted by Gasteiger charge is -2.33. The van der Waals surface area contributed by atoms with Crippen molar-refractivity contribution in [2.24, 2.45) is 0 Å². The lowest BCUT2D eigenvalue weighted by Crippen LogP contribution is -2.50. The number of hydrogen-bond donors (Lipinski definition) is 0. The number of halogens is 1. The second kappa shape index (κ2) is 9.28. The summed E-state index contributed by atoms with van der Waals surface area (Å²) in [6.45, 7) is 2.50. The number of aryl methyl sites for hydroxylation is 1. The number of carbonyl (C=O) groups is 1. The van der Waals surface area contributed by atoms with Gasteiger partial charge in [-0.05, 0) is 43.3 Å². The number of aromatic nitrogens is 2. The van der Waals surface area contributed by atoms with Crippen molar-refractivity contribution in [3.05, 3.63) is 80.3 Å². The van der Waals surface area contributed by atoms with E-state index in [0.717, 1.165) is 27.7 Å². The van der Waals surface area contributed by atoms with Gasteiger partial charge in [-0.15, -0.1) is 11.3 Å². The molecule has 5 rings (SSSR count). The highest BCUT2D eigenvalue weighted by atomic mass is 35.5. The van der Waals surface area contributed by atoms with E-state index in [0.29, 0.717) is 9.90 Å². The van der Waals surface area contributed by atoms with E-state index in [1.807, 2.05) is 25.1 Å². The number of piperazine rings is 1. The molecule has 1 aliphatic heterocycles. The highest BCUT2D eigenvalue weighted by molar-refractivity contribution is 7.89. The van der Waals surface area contributed by atoms with Crippen molar-refractivity contribution >= 4 is 54.8 Å². The molecule has 36 heavy (non-hydrogen) atoms. The van der Waals surface area contributed by atoms with Crippen molar-refractivity contribution in [3.8, 4) is 5.69 Å². The molecule has 0 atom stereocenters. The molecular formula is C23H20ClN5O5S2. The van der Waals surface area contributed by atoms with Crippen LogP contribution in [0.3, 0.4) is 0 Å². The second-order valence-electron chi connectivity index (χ2n) is 8.25. The van der Waals surface area contributed by atoms with Gasteiger partial charge in [-0.2, -0.15) is 9.40 Å². The quantitative estimate of drug-likeness (QED) is 0.275. The summed E-state index contributed by atoms with van der Waals surface area (Å²) in [7, 11) is -3.92. The van der Waals surface area contributed by atoms with E-state index in [9.17, 15) is 23.3 Å². The SMILES string of the molecule is Cc1nn(-c2ccc(Cl)cc2)c2sc(C(=O)N3CCN(S(=O)(=O)c4cccc([N+](=O)[O-])c4)CC3)cc12. The first-order valence-electron chi connectivity index (χ1n) is 10.9. The third kappa shape index (κ3) is 4.37. The van der Waals surface area contributed by atoms with Crippen molar-refractivity contribution in [1.82, 2.24) is 19.0 Å². The van der Waals surface area contributed by atoms with Crippen molar-refractivity contribution in [2.45, 2.75) is 11.8 Å². The summed E-state index contributed by atoms with van der Waals surface area (Å²) >= 11 is 7.34. The van der Waals surface area contributed by atoms with Crippen LogP contribution in [0.25, 0.3) is 15.9 Å². The molecule has 1 aliphatic rings. The van der Waals surface area contributed by atoms with E-state index in [2.05, 4.69) is 5.10 Å². The fourth-order valence-corrected chi connectivity index (χ4v) is 6.84. The Balaban J connectivity index is 1.33. The van der Waals surface area contributed by atoms with Crippen LogP contribution in [0.2, 0.25) is 5.02 Å². The van der Waals surface area contributed by atoms with Gasteiger partial charge in [-0.1, -0.05) is 17.7 Å². The largest absolute Gasteiger partial charge is 0.335 e. The fraction of sp³-hybridized carbons (Fsp3) is 0.217. The normalized spacial score (nSPS) is 14.9. The van der Waals surface area contributed by atoms with Crippen LogP contribution in [0.1, 0.15) is 15.4 Å². The number of fused-ring (bicyclic) bond motifs is 1. The van der Waals surface area contributed by atoms with Gasteiger partial charge >= 0.3 is 0 Å². The molecule has 1 saturated heterocycles. The molecule has 0 radical (unpaired) electrons. The van der Waals surface area contributed by atoms with Gasteiger partial charge in [0, 0.05) is 48.7 Å². The first-order chi connectivity index (χ1) is 17.1. The van der Waals surface area contributed by atoms with Crippen molar-refractivity contribution in [1.29, 1.82) is 0 Å². The van der Waals surface area contributed by atoms with Gasteiger partial charge in [0.1, 0.15) is 4.83 Å². The number of hydrogen-bond acceptors (Lipinski definition) is 7. The Bertz CT molecular complexity index is 1590. The first-order valence-corrected chi connectivity index (χ1v) is 13.6. The molecule has 2 aromatic heterocycles. The third-order valence-electron chi connectivity index (χ3n) is 6.02. The van der Waals surface area contributed by atoms with Crippen LogP contribution in [-0.4, -0.2) is 64.4 Å². The molecule has 1 amide bonds. The maximum absolute atomic E-state index is 13.3. The van der Waals surface area contributed by atoms with E-state index in [4.69, 9.17) is 11.6 Å². The Labute approximate surface area is 215 Å². The molecule has 186 valence electrons. The van der Waals surface area contributed by atoms with Crippen LogP contribution < -0.4 is 0 Å². The van der Waals surface area contributed by atoms with Crippen LogP contribution in [-0.2, 0) is 10.0 Å². The Morgan fingerprint density at radius 3 is 2.44 bits per heavy atom. The lowest BCUT2D eigenvalue weighted by atomic mass is 10.2. The zero-order valence-electron chi connectivity index (χ0n) is 19.0. The smallest absolute Gasteiger partial charge is 0.270 e. The summed E-state index contributed by atoms with van der Waals surface area (Å²) in [6, 6.07) is 14.1. The number of non-ortho nitro benzene ring substituents is 1. The Morgan fingerprint density at radius 2 is 1.78 bits per heavy atom. The molecular weight excluding hydrogens is 526 g/mol. The fourth-order valence-electron chi connectivity index (χ4n) is 4.10. The number of thiophene rings is 1. The molecule has 0 bridgehead atoms. The Hall–Kier alpha value is -3.32. The highest BCUT2D eigenvalue weighted by Crippen LogP contribution is 2.32. The Kier molecular flexibility index (Phi) is 6.29. The number of carbonyl (C=O) groups excluding carboxylic acids is 1. The zero-order valence-corrected chi connectivity index (χ0v) is 21.4. The number of sulfonamides is 1. The number of nitro benzene ring substituents is 1. The van der Waals surface area contributed by atoms with E-state index in [-0.39, 0.29) is 42.7 Å².